The number of nitrogens with one attached hydrogen (secondary N) is 2. The van der Waals surface area contributed by atoms with E-state index in [-0.39, 0.29) is 51.4 Å². The van der Waals surface area contributed by atoms with Crippen molar-refractivity contribution in [2.24, 2.45) is 0 Å². The number of hydrogen-bond donors (Lipinski definition) is 2. The molecule has 0 radical (unpaired) electrons. The number of fused-ring (bicyclic) bond motifs is 8. The molecule has 4 nitrogen and oxygen atoms in total. The van der Waals surface area contributed by atoms with Crippen LogP contribution in [-0.2, 0) is 0 Å². The van der Waals surface area contributed by atoms with Crippen molar-refractivity contribution in [1.82, 2.24) is 19.9 Å². The number of aromatic nitrogens is 4. The van der Waals surface area contributed by atoms with Crippen LogP contribution in [-0.4, -0.2) is 71.3 Å². The molecule has 0 spiro atoms. The van der Waals surface area contributed by atoms with Gasteiger partial charge in [-0.3, -0.25) is 0 Å². The Hall–Kier alpha value is -1.76. The fourth-order valence-corrected chi connectivity index (χ4v) is 2.94. The molecule has 0 amide bonds. The van der Waals surface area contributed by atoms with Crippen LogP contribution in [0.5, 0.6) is 0 Å². The Kier molecular flexibility index (Phi) is 4.58. The first-order valence-electron chi connectivity index (χ1n) is 7.85. The Labute approximate surface area is 187 Å². The normalized spacial score (nSPS) is 12.2. The SMILES string of the molecule is C1=Cc2cc3ccc(cc4nc(cc5ccc(cc1n2)[nH]5)C=C4)[nH]3.[KH]. The molecule has 3 aromatic heterocycles. The van der Waals surface area contributed by atoms with Crippen molar-refractivity contribution in [3.8, 4) is 0 Å². The van der Waals surface area contributed by atoms with Crippen molar-refractivity contribution in [2.75, 3.05) is 0 Å². The van der Waals surface area contributed by atoms with Crippen LogP contribution in [0, 0.1) is 0 Å². The van der Waals surface area contributed by atoms with Gasteiger partial charge < -0.3 is 9.97 Å². The van der Waals surface area contributed by atoms with Crippen molar-refractivity contribution in [1.29, 1.82) is 0 Å². The van der Waals surface area contributed by atoms with E-state index in [1.807, 2.05) is 48.6 Å². The molecule has 25 heavy (non-hydrogen) atoms. The summed E-state index contributed by atoms with van der Waals surface area (Å²) >= 11 is 0. The van der Waals surface area contributed by atoms with E-state index < -0.39 is 0 Å². The van der Waals surface area contributed by atoms with E-state index in [4.69, 9.17) is 0 Å². The van der Waals surface area contributed by atoms with E-state index in [0.29, 0.717) is 0 Å². The molecule has 3 aromatic rings. The number of aromatic amines is 2. The average Bonchev–Trinajstić information content (AvgIpc) is 3.32. The summed E-state index contributed by atoms with van der Waals surface area (Å²) in [4.78, 5) is 16.0. The molecular formula is C20H15KN4. The van der Waals surface area contributed by atoms with Gasteiger partial charge in [-0.05, 0) is 72.8 Å². The van der Waals surface area contributed by atoms with E-state index in [1.165, 1.54) is 0 Å². The molecule has 116 valence electrons. The number of nitrogens with zero attached hydrogens (tertiary/aromatic N) is 2. The Bertz CT molecular complexity index is 990. The van der Waals surface area contributed by atoms with Gasteiger partial charge in [0, 0.05) is 22.1 Å². The quantitative estimate of drug-likeness (QED) is 0.415. The maximum absolute atomic E-state index is 4.63. The Morgan fingerprint density at radius 2 is 0.760 bits per heavy atom. The van der Waals surface area contributed by atoms with Crippen molar-refractivity contribution >= 4 is 97.8 Å². The van der Waals surface area contributed by atoms with Crippen molar-refractivity contribution in [3.63, 3.8) is 0 Å². The van der Waals surface area contributed by atoms with Crippen LogP contribution in [0.1, 0.15) is 22.8 Å². The fraction of sp³-hybridized carbons (Fsp3) is 0. The molecule has 5 rings (SSSR count). The average molecular weight is 350 g/mol. The van der Waals surface area contributed by atoms with Gasteiger partial charge >= 0.3 is 51.4 Å². The molecule has 2 N–H and O–H groups in total. The van der Waals surface area contributed by atoms with Crippen LogP contribution in [0.2, 0.25) is 0 Å². The summed E-state index contributed by atoms with van der Waals surface area (Å²) in [5.74, 6) is 0. The van der Waals surface area contributed by atoms with E-state index in [1.54, 1.807) is 0 Å². The third-order valence-corrected chi connectivity index (χ3v) is 4.04. The summed E-state index contributed by atoms with van der Waals surface area (Å²) in [6.07, 6.45) is 8.09. The van der Waals surface area contributed by atoms with Gasteiger partial charge in [0.1, 0.15) is 0 Å². The third kappa shape index (κ3) is 3.61. The van der Waals surface area contributed by atoms with Crippen LogP contribution in [0.4, 0.5) is 0 Å². The minimum atomic E-state index is 0. The summed E-state index contributed by atoms with van der Waals surface area (Å²) in [6, 6.07) is 16.4. The molecule has 5 heteroatoms. The predicted molar refractivity (Wildman–Crippen MR) is 106 cm³/mol. The van der Waals surface area contributed by atoms with Gasteiger partial charge in [-0.15, -0.1) is 0 Å². The summed E-state index contributed by atoms with van der Waals surface area (Å²) in [7, 11) is 0. The second-order valence-electron chi connectivity index (χ2n) is 5.91. The summed E-state index contributed by atoms with van der Waals surface area (Å²) in [5.41, 5.74) is 7.86. The summed E-state index contributed by atoms with van der Waals surface area (Å²) in [5, 5.41) is 0. The first kappa shape index (κ1) is 16.7. The zero-order valence-corrected chi connectivity index (χ0v) is 12.8. The molecule has 0 atom stereocenters. The maximum atomic E-state index is 4.63. The van der Waals surface area contributed by atoms with Gasteiger partial charge in [0.15, 0.2) is 0 Å². The molecule has 0 fully saturated rings. The second kappa shape index (κ2) is 6.86. The number of H-pyrrole nitrogens is 2. The van der Waals surface area contributed by atoms with Crippen LogP contribution in [0.3, 0.4) is 0 Å². The molecular weight excluding hydrogens is 335 g/mol. The predicted octanol–water partition coefficient (Wildman–Crippen LogP) is 4.01. The standard InChI is InChI=1S/C20H14N4.K.H/c1-2-14-10-16-5-6-18(23-16)12-20-8-7-19(24-20)11-17-4-3-15(22-17)9-13(1)21-14;;/h1-12,21,24H;;. The first-order chi connectivity index (χ1) is 11.8. The molecule has 0 unspecified atom stereocenters. The van der Waals surface area contributed by atoms with Crippen molar-refractivity contribution < 1.29 is 0 Å². The van der Waals surface area contributed by atoms with Gasteiger partial charge in [-0.1, -0.05) is 0 Å². The van der Waals surface area contributed by atoms with Gasteiger partial charge in [0.25, 0.3) is 0 Å². The molecule has 8 bridgehead atoms. The molecule has 2 aliphatic heterocycles. The van der Waals surface area contributed by atoms with Crippen LogP contribution in [0.25, 0.3) is 46.4 Å². The number of hydrogen-bond acceptors (Lipinski definition) is 2. The van der Waals surface area contributed by atoms with Gasteiger partial charge in [0.05, 0.1) is 22.8 Å². The molecule has 2 aliphatic rings. The third-order valence-electron chi connectivity index (χ3n) is 4.04. The van der Waals surface area contributed by atoms with E-state index in [0.717, 1.165) is 44.8 Å². The van der Waals surface area contributed by atoms with Crippen molar-refractivity contribution in [2.45, 2.75) is 0 Å². The number of rotatable bonds is 0. The van der Waals surface area contributed by atoms with Crippen LogP contribution < -0.4 is 0 Å². The van der Waals surface area contributed by atoms with Crippen LogP contribution >= 0.6 is 0 Å². The summed E-state index contributed by atoms with van der Waals surface area (Å²) < 4.78 is 0. The molecule has 0 saturated heterocycles. The monoisotopic (exact) mass is 350 g/mol. The zero-order chi connectivity index (χ0) is 15.9. The fourth-order valence-electron chi connectivity index (χ4n) is 2.94. The Morgan fingerprint density at radius 3 is 1.04 bits per heavy atom. The zero-order valence-electron chi connectivity index (χ0n) is 12.8. The molecule has 0 aliphatic carbocycles. The van der Waals surface area contributed by atoms with Crippen LogP contribution in [0.15, 0.2) is 48.5 Å². The molecule has 0 saturated carbocycles. The van der Waals surface area contributed by atoms with Gasteiger partial charge in [-0.25, -0.2) is 9.97 Å². The van der Waals surface area contributed by atoms with Gasteiger partial charge in [0.2, 0.25) is 0 Å². The molecule has 0 aromatic carbocycles. The Morgan fingerprint density at radius 1 is 0.480 bits per heavy atom. The second-order valence-corrected chi connectivity index (χ2v) is 5.91. The molecule has 5 heterocycles. The van der Waals surface area contributed by atoms with E-state index in [2.05, 4.69) is 44.2 Å². The minimum absolute atomic E-state index is 0. The van der Waals surface area contributed by atoms with E-state index in [9.17, 15) is 0 Å². The van der Waals surface area contributed by atoms with Gasteiger partial charge in [-0.2, -0.15) is 0 Å². The Balaban J connectivity index is 0.00000157. The van der Waals surface area contributed by atoms with E-state index >= 15 is 0 Å². The first-order valence-corrected chi connectivity index (χ1v) is 7.85. The summed E-state index contributed by atoms with van der Waals surface area (Å²) in [6.45, 7) is 0. The topological polar surface area (TPSA) is 57.4 Å². The van der Waals surface area contributed by atoms with Crippen molar-refractivity contribution in [3.05, 3.63) is 71.3 Å².